The van der Waals surface area contributed by atoms with Crippen LogP contribution in [0.25, 0.3) is 0 Å². The van der Waals surface area contributed by atoms with E-state index in [0.29, 0.717) is 0 Å². The van der Waals surface area contributed by atoms with E-state index >= 15 is 0 Å². The van der Waals surface area contributed by atoms with Gasteiger partial charge < -0.3 is 4.90 Å². The zero-order chi connectivity index (χ0) is 14.3. The van der Waals surface area contributed by atoms with Crippen molar-refractivity contribution >= 4 is 0 Å². The minimum absolute atomic E-state index is 0.263. The highest BCUT2D eigenvalue weighted by molar-refractivity contribution is 5.43. The number of rotatable bonds is 2. The van der Waals surface area contributed by atoms with Gasteiger partial charge in [0.05, 0.1) is 0 Å². The van der Waals surface area contributed by atoms with Crippen molar-refractivity contribution in [2.24, 2.45) is 5.92 Å². The van der Waals surface area contributed by atoms with Crippen LogP contribution in [-0.4, -0.2) is 18.5 Å². The van der Waals surface area contributed by atoms with E-state index in [1.54, 1.807) is 16.7 Å². The molecule has 110 valence electrons. The average molecular weight is 271 g/mol. The zero-order valence-electron chi connectivity index (χ0n) is 13.6. The van der Waals surface area contributed by atoms with Crippen molar-refractivity contribution in [3.05, 3.63) is 34.4 Å². The maximum absolute atomic E-state index is 2.53. The van der Waals surface area contributed by atoms with E-state index in [1.165, 1.54) is 44.2 Å². The molecule has 0 amide bonds. The first kappa shape index (κ1) is 14.1. The summed E-state index contributed by atoms with van der Waals surface area (Å²) < 4.78 is 0. The lowest BCUT2D eigenvalue weighted by Gasteiger charge is -2.32. The lowest BCUT2D eigenvalue weighted by atomic mass is 9.76. The van der Waals surface area contributed by atoms with Crippen LogP contribution in [-0.2, 0) is 24.8 Å². The molecule has 0 aromatic heterocycles. The molecule has 2 aliphatic rings. The van der Waals surface area contributed by atoms with E-state index in [4.69, 9.17) is 0 Å². The van der Waals surface area contributed by atoms with Crippen LogP contribution in [0.1, 0.15) is 62.3 Å². The molecule has 20 heavy (non-hydrogen) atoms. The van der Waals surface area contributed by atoms with E-state index in [-0.39, 0.29) is 5.41 Å². The highest BCUT2D eigenvalue weighted by Gasteiger charge is 2.25. The molecule has 0 spiro atoms. The Balaban J connectivity index is 1.98. The van der Waals surface area contributed by atoms with Gasteiger partial charge in [-0.2, -0.15) is 0 Å². The van der Waals surface area contributed by atoms with Crippen molar-refractivity contribution < 1.29 is 0 Å². The normalized spacial score (nSPS) is 20.6. The molecule has 0 bridgehead atoms. The molecular formula is C19H29N. The molecule has 1 aliphatic heterocycles. The third-order valence-electron chi connectivity index (χ3n) is 5.22. The van der Waals surface area contributed by atoms with Gasteiger partial charge in [-0.05, 0) is 53.5 Å². The van der Waals surface area contributed by atoms with Crippen molar-refractivity contribution in [1.29, 1.82) is 0 Å². The predicted octanol–water partition coefficient (Wildman–Crippen LogP) is 4.31. The molecule has 1 aliphatic carbocycles. The smallest absolute Gasteiger partial charge is 0.0233 e. The maximum atomic E-state index is 2.53. The van der Waals surface area contributed by atoms with Gasteiger partial charge in [-0.25, -0.2) is 0 Å². The monoisotopic (exact) mass is 271 g/mol. The van der Waals surface area contributed by atoms with Crippen molar-refractivity contribution in [3.8, 4) is 0 Å². The van der Waals surface area contributed by atoms with Gasteiger partial charge in [-0.15, -0.1) is 0 Å². The molecule has 0 atom stereocenters. The van der Waals surface area contributed by atoms with E-state index in [1.807, 2.05) is 0 Å². The molecule has 1 aromatic rings. The first-order valence-electron chi connectivity index (χ1n) is 8.27. The molecule has 1 aromatic carbocycles. The van der Waals surface area contributed by atoms with Crippen LogP contribution < -0.4 is 0 Å². The van der Waals surface area contributed by atoms with Gasteiger partial charge in [-0.3, -0.25) is 0 Å². The van der Waals surface area contributed by atoms with Gasteiger partial charge >= 0.3 is 0 Å². The number of hydrogen-bond acceptors (Lipinski definition) is 1. The minimum atomic E-state index is 0.263. The van der Waals surface area contributed by atoms with Gasteiger partial charge in [0.25, 0.3) is 0 Å². The number of hydrogen-bond donors (Lipinski definition) is 0. The number of fused-ring (bicyclic) bond motifs is 1. The Kier molecular flexibility index (Phi) is 3.66. The van der Waals surface area contributed by atoms with E-state index < -0.39 is 0 Å². The first-order chi connectivity index (χ1) is 9.43. The molecule has 1 saturated carbocycles. The molecule has 1 fully saturated rings. The average Bonchev–Trinajstić information content (AvgIpc) is 2.31. The van der Waals surface area contributed by atoms with Gasteiger partial charge in [-0.1, -0.05) is 52.2 Å². The van der Waals surface area contributed by atoms with E-state index in [9.17, 15) is 0 Å². The summed E-state index contributed by atoms with van der Waals surface area (Å²) in [5.74, 6) is 0.967. The highest BCUT2D eigenvalue weighted by Crippen LogP contribution is 2.35. The highest BCUT2D eigenvalue weighted by atomic mass is 15.1. The molecule has 0 unspecified atom stereocenters. The predicted molar refractivity (Wildman–Crippen MR) is 86.2 cm³/mol. The Morgan fingerprint density at radius 3 is 2.55 bits per heavy atom. The molecule has 1 nitrogen and oxygen atoms in total. The largest absolute Gasteiger partial charge is 0.302 e. The van der Waals surface area contributed by atoms with Crippen LogP contribution in [0, 0.1) is 5.92 Å². The van der Waals surface area contributed by atoms with Crippen LogP contribution >= 0.6 is 0 Å². The SMILES string of the molecule is CN1CCc2c(CC3CCC3)cc(C(C)(C)C)cc2C1. The fourth-order valence-corrected chi connectivity index (χ4v) is 3.56. The number of likely N-dealkylation sites (N-methyl/N-ethyl adjacent to an activating group) is 1. The fourth-order valence-electron chi connectivity index (χ4n) is 3.56. The zero-order valence-corrected chi connectivity index (χ0v) is 13.6. The third-order valence-corrected chi connectivity index (χ3v) is 5.22. The molecule has 3 rings (SSSR count). The number of nitrogens with zero attached hydrogens (tertiary/aromatic N) is 1. The first-order valence-corrected chi connectivity index (χ1v) is 8.27. The summed E-state index contributed by atoms with van der Waals surface area (Å²) in [7, 11) is 2.25. The molecule has 0 saturated heterocycles. The Morgan fingerprint density at radius 2 is 1.95 bits per heavy atom. The van der Waals surface area contributed by atoms with Crippen molar-refractivity contribution in [2.45, 2.75) is 64.8 Å². The van der Waals surface area contributed by atoms with Crippen molar-refractivity contribution in [3.63, 3.8) is 0 Å². The summed E-state index contributed by atoms with van der Waals surface area (Å²) in [6.07, 6.45) is 6.94. The standard InChI is InChI=1S/C19H29N/c1-19(2,3)17-11-15(10-14-6-5-7-14)18-8-9-20(4)13-16(18)12-17/h11-12,14H,5-10,13H2,1-4H3. The summed E-state index contributed by atoms with van der Waals surface area (Å²) in [4.78, 5) is 2.46. The maximum Gasteiger partial charge on any atom is 0.0233 e. The van der Waals surface area contributed by atoms with Crippen molar-refractivity contribution in [2.75, 3.05) is 13.6 Å². The molecule has 0 radical (unpaired) electrons. The van der Waals surface area contributed by atoms with Crippen LogP contribution in [0.4, 0.5) is 0 Å². The molecule has 1 heterocycles. The van der Waals surface area contributed by atoms with Crippen LogP contribution in [0.2, 0.25) is 0 Å². The Bertz CT molecular complexity index is 491. The van der Waals surface area contributed by atoms with Crippen molar-refractivity contribution in [1.82, 2.24) is 4.90 Å². The summed E-state index contributed by atoms with van der Waals surface area (Å²) >= 11 is 0. The quantitative estimate of drug-likeness (QED) is 0.774. The van der Waals surface area contributed by atoms with Crippen LogP contribution in [0.5, 0.6) is 0 Å². The molecular weight excluding hydrogens is 242 g/mol. The summed E-state index contributed by atoms with van der Waals surface area (Å²) in [6, 6.07) is 5.01. The summed E-state index contributed by atoms with van der Waals surface area (Å²) in [5.41, 5.74) is 6.74. The Labute approximate surface area is 124 Å². The third kappa shape index (κ3) is 2.79. The minimum Gasteiger partial charge on any atom is -0.302 e. The lowest BCUT2D eigenvalue weighted by molar-refractivity contribution is 0.301. The second-order valence-electron chi connectivity index (χ2n) is 8.01. The summed E-state index contributed by atoms with van der Waals surface area (Å²) in [5, 5.41) is 0. The van der Waals surface area contributed by atoms with E-state index in [2.05, 4.69) is 44.9 Å². The fraction of sp³-hybridized carbons (Fsp3) is 0.684. The lowest BCUT2D eigenvalue weighted by Crippen LogP contribution is -2.29. The number of benzene rings is 1. The second-order valence-corrected chi connectivity index (χ2v) is 8.01. The molecule has 1 heteroatoms. The van der Waals surface area contributed by atoms with E-state index in [0.717, 1.165) is 12.5 Å². The topological polar surface area (TPSA) is 3.24 Å². The summed E-state index contributed by atoms with van der Waals surface area (Å²) in [6.45, 7) is 9.38. The Hall–Kier alpha value is -0.820. The van der Waals surface area contributed by atoms with Crippen LogP contribution in [0.3, 0.4) is 0 Å². The Morgan fingerprint density at radius 1 is 1.20 bits per heavy atom. The van der Waals surface area contributed by atoms with Gasteiger partial charge in [0, 0.05) is 13.1 Å². The van der Waals surface area contributed by atoms with Gasteiger partial charge in [0.15, 0.2) is 0 Å². The van der Waals surface area contributed by atoms with Gasteiger partial charge in [0.1, 0.15) is 0 Å². The van der Waals surface area contributed by atoms with Gasteiger partial charge in [0.2, 0.25) is 0 Å². The molecule has 0 N–H and O–H groups in total. The van der Waals surface area contributed by atoms with Crippen LogP contribution in [0.15, 0.2) is 12.1 Å². The second kappa shape index (κ2) is 5.18.